The van der Waals surface area contributed by atoms with Crippen molar-refractivity contribution in [2.75, 3.05) is 13.1 Å². The molecule has 3 rings (SSSR count). The number of benzene rings is 2. The lowest BCUT2D eigenvalue weighted by Gasteiger charge is -2.25. The van der Waals surface area contributed by atoms with Gasteiger partial charge in [0.15, 0.2) is 0 Å². The molecular formula is C19H19BrFNO. The number of hydrogen-bond donors (Lipinski definition) is 0. The molecule has 2 aromatic carbocycles. The van der Waals surface area contributed by atoms with E-state index in [4.69, 9.17) is 0 Å². The van der Waals surface area contributed by atoms with Crippen LogP contribution in [0.2, 0.25) is 0 Å². The maximum atomic E-state index is 13.1. The van der Waals surface area contributed by atoms with Crippen LogP contribution in [-0.4, -0.2) is 23.9 Å². The van der Waals surface area contributed by atoms with Crippen molar-refractivity contribution >= 4 is 21.8 Å². The molecule has 0 bridgehead atoms. The molecule has 1 saturated heterocycles. The lowest BCUT2D eigenvalue weighted by Crippen LogP contribution is -2.34. The summed E-state index contributed by atoms with van der Waals surface area (Å²) >= 11 is 3.39. The van der Waals surface area contributed by atoms with E-state index in [1.807, 2.05) is 41.3 Å². The second-order valence-electron chi connectivity index (χ2n) is 6.00. The number of rotatable bonds is 2. The Kier molecular flexibility index (Phi) is 5.11. The summed E-state index contributed by atoms with van der Waals surface area (Å²) < 4.78 is 14.1. The third-order valence-corrected chi connectivity index (χ3v) is 4.92. The molecule has 0 aromatic heterocycles. The van der Waals surface area contributed by atoms with E-state index in [-0.39, 0.29) is 17.6 Å². The van der Waals surface area contributed by atoms with Crippen molar-refractivity contribution in [2.24, 2.45) is 0 Å². The molecule has 2 aromatic rings. The molecule has 23 heavy (non-hydrogen) atoms. The predicted octanol–water partition coefficient (Wildman–Crippen LogP) is 5.00. The fraction of sp³-hybridized carbons (Fsp3) is 0.316. The first-order valence-corrected chi connectivity index (χ1v) is 8.73. The van der Waals surface area contributed by atoms with Crippen LogP contribution in [0.4, 0.5) is 4.39 Å². The van der Waals surface area contributed by atoms with Gasteiger partial charge in [-0.05, 0) is 54.8 Å². The van der Waals surface area contributed by atoms with E-state index >= 15 is 0 Å². The van der Waals surface area contributed by atoms with Crippen LogP contribution in [0.5, 0.6) is 0 Å². The lowest BCUT2D eigenvalue weighted by molar-refractivity contribution is 0.0754. The Morgan fingerprint density at radius 1 is 1.04 bits per heavy atom. The largest absolute Gasteiger partial charge is 0.338 e. The maximum Gasteiger partial charge on any atom is 0.253 e. The zero-order valence-electron chi connectivity index (χ0n) is 12.8. The maximum absolute atomic E-state index is 13.1. The van der Waals surface area contributed by atoms with Crippen molar-refractivity contribution in [3.63, 3.8) is 0 Å². The van der Waals surface area contributed by atoms with Gasteiger partial charge in [0.1, 0.15) is 5.82 Å². The first-order valence-electron chi connectivity index (χ1n) is 7.94. The SMILES string of the molecule is O=C(c1ccc(Br)cc1)N1CCCC[C@H](c2ccc(F)cc2)C1. The van der Waals surface area contributed by atoms with Crippen molar-refractivity contribution in [3.05, 3.63) is 69.9 Å². The topological polar surface area (TPSA) is 20.3 Å². The summed E-state index contributed by atoms with van der Waals surface area (Å²) in [6.07, 6.45) is 3.14. The molecule has 120 valence electrons. The Bertz CT molecular complexity index is 669. The molecular weight excluding hydrogens is 357 g/mol. The standard InChI is InChI=1S/C19H19BrFNO/c20-17-8-4-15(5-9-17)19(23)22-12-2-1-3-16(13-22)14-6-10-18(21)11-7-14/h4-11,16H,1-3,12-13H2/t16-/m0/s1. The summed E-state index contributed by atoms with van der Waals surface area (Å²) in [5, 5.41) is 0. The molecule has 1 aliphatic heterocycles. The van der Waals surface area contributed by atoms with E-state index in [9.17, 15) is 9.18 Å². The van der Waals surface area contributed by atoms with Crippen molar-refractivity contribution in [2.45, 2.75) is 25.2 Å². The van der Waals surface area contributed by atoms with Crippen LogP contribution in [0, 0.1) is 5.82 Å². The fourth-order valence-electron chi connectivity index (χ4n) is 3.11. The number of amides is 1. The monoisotopic (exact) mass is 375 g/mol. The Morgan fingerprint density at radius 3 is 2.43 bits per heavy atom. The Labute approximate surface area is 144 Å². The average Bonchev–Trinajstić information content (AvgIpc) is 2.82. The van der Waals surface area contributed by atoms with Crippen LogP contribution >= 0.6 is 15.9 Å². The van der Waals surface area contributed by atoms with Crippen LogP contribution in [0.1, 0.15) is 41.1 Å². The highest BCUT2D eigenvalue weighted by Gasteiger charge is 2.24. The number of nitrogens with zero attached hydrogens (tertiary/aromatic N) is 1. The molecule has 1 amide bonds. The minimum atomic E-state index is -0.217. The normalized spacial score (nSPS) is 18.5. The number of carbonyl (C=O) groups is 1. The highest BCUT2D eigenvalue weighted by Crippen LogP contribution is 2.27. The van der Waals surface area contributed by atoms with E-state index in [1.165, 1.54) is 12.1 Å². The van der Waals surface area contributed by atoms with E-state index in [1.54, 1.807) is 0 Å². The lowest BCUT2D eigenvalue weighted by atomic mass is 9.94. The molecule has 4 heteroatoms. The van der Waals surface area contributed by atoms with Crippen LogP contribution in [-0.2, 0) is 0 Å². The van der Waals surface area contributed by atoms with Gasteiger partial charge in [-0.1, -0.05) is 34.5 Å². The summed E-state index contributed by atoms with van der Waals surface area (Å²) in [5.74, 6) is 0.133. The van der Waals surface area contributed by atoms with Gasteiger partial charge in [-0.3, -0.25) is 4.79 Å². The molecule has 1 atom stereocenters. The van der Waals surface area contributed by atoms with Crippen molar-refractivity contribution < 1.29 is 9.18 Å². The molecule has 1 fully saturated rings. The van der Waals surface area contributed by atoms with Gasteiger partial charge in [-0.15, -0.1) is 0 Å². The summed E-state index contributed by atoms with van der Waals surface area (Å²) in [7, 11) is 0. The summed E-state index contributed by atoms with van der Waals surface area (Å²) in [6.45, 7) is 1.48. The number of carbonyl (C=O) groups excluding carboxylic acids is 1. The summed E-state index contributed by atoms with van der Waals surface area (Å²) in [6, 6.07) is 14.2. The highest BCUT2D eigenvalue weighted by molar-refractivity contribution is 9.10. The highest BCUT2D eigenvalue weighted by atomic mass is 79.9. The zero-order chi connectivity index (χ0) is 16.2. The minimum absolute atomic E-state index is 0.0755. The summed E-state index contributed by atoms with van der Waals surface area (Å²) in [5.41, 5.74) is 1.83. The van der Waals surface area contributed by atoms with Gasteiger partial charge in [0.05, 0.1) is 0 Å². The van der Waals surface area contributed by atoms with Gasteiger partial charge >= 0.3 is 0 Å². The van der Waals surface area contributed by atoms with E-state index < -0.39 is 0 Å². The van der Waals surface area contributed by atoms with Crippen LogP contribution in [0.3, 0.4) is 0 Å². The predicted molar refractivity (Wildman–Crippen MR) is 93.0 cm³/mol. The molecule has 1 heterocycles. The van der Waals surface area contributed by atoms with E-state index in [0.29, 0.717) is 12.1 Å². The third-order valence-electron chi connectivity index (χ3n) is 4.39. The van der Waals surface area contributed by atoms with Crippen LogP contribution in [0.25, 0.3) is 0 Å². The molecule has 0 aliphatic carbocycles. The second-order valence-corrected chi connectivity index (χ2v) is 6.92. The van der Waals surface area contributed by atoms with Crippen molar-refractivity contribution in [1.82, 2.24) is 4.90 Å². The minimum Gasteiger partial charge on any atom is -0.338 e. The zero-order valence-corrected chi connectivity index (χ0v) is 14.4. The van der Waals surface area contributed by atoms with Gasteiger partial charge in [0.2, 0.25) is 0 Å². The van der Waals surface area contributed by atoms with Gasteiger partial charge in [0.25, 0.3) is 5.91 Å². The van der Waals surface area contributed by atoms with Gasteiger partial charge in [-0.25, -0.2) is 4.39 Å². The van der Waals surface area contributed by atoms with Crippen molar-refractivity contribution in [1.29, 1.82) is 0 Å². The van der Waals surface area contributed by atoms with Gasteiger partial charge in [-0.2, -0.15) is 0 Å². The average molecular weight is 376 g/mol. The number of likely N-dealkylation sites (tertiary alicyclic amines) is 1. The first kappa shape index (κ1) is 16.2. The van der Waals surface area contributed by atoms with Crippen LogP contribution < -0.4 is 0 Å². The molecule has 0 unspecified atom stereocenters. The molecule has 2 nitrogen and oxygen atoms in total. The Balaban J connectivity index is 1.77. The molecule has 0 saturated carbocycles. The molecule has 0 N–H and O–H groups in total. The van der Waals surface area contributed by atoms with Crippen molar-refractivity contribution in [3.8, 4) is 0 Å². The first-order chi connectivity index (χ1) is 11.1. The molecule has 0 radical (unpaired) electrons. The van der Waals surface area contributed by atoms with Gasteiger partial charge in [0, 0.05) is 29.0 Å². The number of halogens is 2. The molecule has 1 aliphatic rings. The smallest absolute Gasteiger partial charge is 0.253 e. The number of hydrogen-bond acceptors (Lipinski definition) is 1. The van der Waals surface area contributed by atoms with Gasteiger partial charge < -0.3 is 4.90 Å². The summed E-state index contributed by atoms with van der Waals surface area (Å²) in [4.78, 5) is 14.7. The van der Waals surface area contributed by atoms with E-state index in [2.05, 4.69) is 15.9 Å². The molecule has 0 spiro atoms. The fourth-order valence-corrected chi connectivity index (χ4v) is 3.37. The third kappa shape index (κ3) is 3.99. The second kappa shape index (κ2) is 7.26. The quantitative estimate of drug-likeness (QED) is 0.723. The van der Waals surface area contributed by atoms with E-state index in [0.717, 1.165) is 35.8 Å². The van der Waals surface area contributed by atoms with Crippen LogP contribution in [0.15, 0.2) is 53.0 Å². The Morgan fingerprint density at radius 2 is 1.74 bits per heavy atom. The Hall–Kier alpha value is -1.68.